The minimum atomic E-state index is -3.34. The van der Waals surface area contributed by atoms with Gasteiger partial charge in [0.1, 0.15) is 11.7 Å². The van der Waals surface area contributed by atoms with Gasteiger partial charge in [-0.2, -0.15) is 0 Å². The van der Waals surface area contributed by atoms with E-state index in [9.17, 15) is 12.8 Å². The average Bonchev–Trinajstić information content (AvgIpc) is 2.19. The van der Waals surface area contributed by atoms with Crippen molar-refractivity contribution in [1.29, 1.82) is 0 Å². The molecule has 0 heterocycles. The van der Waals surface area contributed by atoms with Gasteiger partial charge in [0.15, 0.2) is 9.84 Å². The Labute approximate surface area is 89.2 Å². The van der Waals surface area contributed by atoms with Crippen molar-refractivity contribution in [2.45, 2.75) is 18.7 Å². The molecule has 0 aliphatic carbocycles. The number of sulfone groups is 1. The van der Waals surface area contributed by atoms with Gasteiger partial charge in [0, 0.05) is 0 Å². The van der Waals surface area contributed by atoms with Crippen molar-refractivity contribution in [2.75, 3.05) is 12.4 Å². The van der Waals surface area contributed by atoms with E-state index >= 15 is 0 Å². The third-order valence-electron chi connectivity index (χ3n) is 2.03. The summed E-state index contributed by atoms with van der Waals surface area (Å²) in [6.45, 7) is 3.95. The fraction of sp³-hybridized carbons (Fsp3) is 0.400. The Balaban J connectivity index is 3.00. The van der Waals surface area contributed by atoms with Crippen LogP contribution in [0.15, 0.2) is 23.1 Å². The van der Waals surface area contributed by atoms with Crippen LogP contribution in [-0.4, -0.2) is 20.8 Å². The first-order chi connectivity index (χ1) is 6.97. The van der Waals surface area contributed by atoms with Crippen LogP contribution in [0.2, 0.25) is 0 Å². The Morgan fingerprint density at radius 1 is 1.40 bits per heavy atom. The Morgan fingerprint density at radius 2 is 2.07 bits per heavy atom. The van der Waals surface area contributed by atoms with Gasteiger partial charge in [0.2, 0.25) is 0 Å². The maximum absolute atomic E-state index is 12.9. The molecule has 0 saturated heterocycles. The van der Waals surface area contributed by atoms with Gasteiger partial charge in [-0.05, 0) is 37.2 Å². The zero-order valence-electron chi connectivity index (χ0n) is 8.75. The standard InChI is InChI=1S/C10H14FNO2S/c1-3-12-7-15(13,14)9-4-5-10(11)8(2)6-9/h4-6,12H,3,7H2,1-2H3. The predicted molar refractivity (Wildman–Crippen MR) is 56.9 cm³/mol. The van der Waals surface area contributed by atoms with E-state index in [-0.39, 0.29) is 10.8 Å². The molecule has 0 bridgehead atoms. The summed E-state index contributed by atoms with van der Waals surface area (Å²) in [5.74, 6) is -0.508. The first kappa shape index (κ1) is 12.1. The molecule has 0 aliphatic rings. The summed E-state index contributed by atoms with van der Waals surface area (Å²) < 4.78 is 36.3. The van der Waals surface area contributed by atoms with Crippen LogP contribution < -0.4 is 5.32 Å². The highest BCUT2D eigenvalue weighted by Crippen LogP contribution is 2.14. The van der Waals surface area contributed by atoms with E-state index < -0.39 is 15.7 Å². The number of aryl methyl sites for hydroxylation is 1. The van der Waals surface area contributed by atoms with E-state index in [1.54, 1.807) is 6.92 Å². The molecule has 0 aliphatic heterocycles. The maximum atomic E-state index is 12.9. The maximum Gasteiger partial charge on any atom is 0.191 e. The fourth-order valence-electron chi connectivity index (χ4n) is 1.13. The summed E-state index contributed by atoms with van der Waals surface area (Å²) >= 11 is 0. The van der Waals surface area contributed by atoms with Crippen LogP contribution in [0.1, 0.15) is 12.5 Å². The molecule has 0 fully saturated rings. The molecule has 5 heteroatoms. The molecule has 0 amide bonds. The van der Waals surface area contributed by atoms with E-state index in [4.69, 9.17) is 0 Å². The topological polar surface area (TPSA) is 46.2 Å². The Hall–Kier alpha value is -0.940. The molecule has 0 saturated carbocycles. The largest absolute Gasteiger partial charge is 0.304 e. The van der Waals surface area contributed by atoms with Gasteiger partial charge in [-0.15, -0.1) is 0 Å². The lowest BCUT2D eigenvalue weighted by Gasteiger charge is -2.05. The minimum absolute atomic E-state index is 0.116. The molecule has 84 valence electrons. The normalized spacial score (nSPS) is 11.7. The van der Waals surface area contributed by atoms with Gasteiger partial charge in [0.25, 0.3) is 0 Å². The van der Waals surface area contributed by atoms with Crippen LogP contribution in [0, 0.1) is 12.7 Å². The van der Waals surface area contributed by atoms with Crippen molar-refractivity contribution in [3.63, 3.8) is 0 Å². The van der Waals surface area contributed by atoms with Crippen LogP contribution in [0.25, 0.3) is 0 Å². The monoisotopic (exact) mass is 231 g/mol. The van der Waals surface area contributed by atoms with E-state index in [0.717, 1.165) is 0 Å². The van der Waals surface area contributed by atoms with Gasteiger partial charge in [0.05, 0.1) is 4.90 Å². The van der Waals surface area contributed by atoms with Crippen LogP contribution in [0.4, 0.5) is 4.39 Å². The van der Waals surface area contributed by atoms with Crippen molar-refractivity contribution in [2.24, 2.45) is 0 Å². The minimum Gasteiger partial charge on any atom is -0.304 e. The summed E-state index contributed by atoms with van der Waals surface area (Å²) in [6, 6.07) is 3.81. The first-order valence-electron chi connectivity index (χ1n) is 4.67. The number of rotatable bonds is 4. The lowest BCUT2D eigenvalue weighted by Crippen LogP contribution is -2.22. The zero-order valence-corrected chi connectivity index (χ0v) is 9.57. The van der Waals surface area contributed by atoms with Crippen molar-refractivity contribution in [1.82, 2.24) is 5.32 Å². The number of hydrogen-bond donors (Lipinski definition) is 1. The molecule has 0 aromatic heterocycles. The summed E-state index contributed by atoms with van der Waals surface area (Å²) in [5, 5.41) is 2.74. The fourth-order valence-corrected chi connectivity index (χ4v) is 2.40. The molecule has 3 nitrogen and oxygen atoms in total. The van der Waals surface area contributed by atoms with E-state index in [1.807, 2.05) is 6.92 Å². The number of hydrogen-bond acceptors (Lipinski definition) is 3. The van der Waals surface area contributed by atoms with E-state index in [0.29, 0.717) is 12.1 Å². The Morgan fingerprint density at radius 3 is 2.60 bits per heavy atom. The quantitative estimate of drug-likeness (QED) is 0.798. The molecule has 1 aromatic carbocycles. The molecular weight excluding hydrogens is 217 g/mol. The van der Waals surface area contributed by atoms with Gasteiger partial charge >= 0.3 is 0 Å². The molecular formula is C10H14FNO2S. The Bertz CT molecular complexity index is 443. The second kappa shape index (κ2) is 4.72. The van der Waals surface area contributed by atoms with Gasteiger partial charge in [-0.3, -0.25) is 0 Å². The van der Waals surface area contributed by atoms with Crippen LogP contribution in [0.5, 0.6) is 0 Å². The molecule has 1 N–H and O–H groups in total. The highest BCUT2D eigenvalue weighted by molar-refractivity contribution is 7.91. The lowest BCUT2D eigenvalue weighted by molar-refractivity contribution is 0.586. The Kier molecular flexibility index (Phi) is 3.82. The molecule has 1 rings (SSSR count). The van der Waals surface area contributed by atoms with Crippen molar-refractivity contribution in [3.05, 3.63) is 29.6 Å². The van der Waals surface area contributed by atoms with Crippen molar-refractivity contribution in [3.8, 4) is 0 Å². The highest BCUT2D eigenvalue weighted by Gasteiger charge is 2.14. The summed E-state index contributed by atoms with van der Waals surface area (Å²) in [6.07, 6.45) is 0. The number of halogens is 1. The first-order valence-corrected chi connectivity index (χ1v) is 6.32. The van der Waals surface area contributed by atoms with Crippen molar-refractivity contribution < 1.29 is 12.8 Å². The highest BCUT2D eigenvalue weighted by atomic mass is 32.2. The van der Waals surface area contributed by atoms with Crippen LogP contribution >= 0.6 is 0 Å². The molecule has 0 spiro atoms. The summed E-state index contributed by atoms with van der Waals surface area (Å²) in [4.78, 5) is 0.155. The summed E-state index contributed by atoms with van der Waals surface area (Å²) in [7, 11) is -3.34. The molecule has 15 heavy (non-hydrogen) atoms. The second-order valence-corrected chi connectivity index (χ2v) is 5.26. The SMILES string of the molecule is CCNCS(=O)(=O)c1ccc(F)c(C)c1. The summed E-state index contributed by atoms with van der Waals surface area (Å²) in [5.41, 5.74) is 0.340. The van der Waals surface area contributed by atoms with Gasteiger partial charge < -0.3 is 5.32 Å². The average molecular weight is 231 g/mol. The number of benzene rings is 1. The molecule has 0 unspecified atom stereocenters. The third kappa shape index (κ3) is 3.00. The number of nitrogens with one attached hydrogen (secondary N) is 1. The van der Waals surface area contributed by atoms with Crippen LogP contribution in [0.3, 0.4) is 0 Å². The van der Waals surface area contributed by atoms with Gasteiger partial charge in [-0.25, -0.2) is 12.8 Å². The molecule has 1 aromatic rings. The second-order valence-electron chi connectivity index (χ2n) is 3.27. The predicted octanol–water partition coefficient (Wildman–Crippen LogP) is 1.47. The van der Waals surface area contributed by atoms with E-state index in [1.165, 1.54) is 18.2 Å². The third-order valence-corrected chi connectivity index (χ3v) is 3.59. The lowest BCUT2D eigenvalue weighted by atomic mass is 10.2. The van der Waals surface area contributed by atoms with E-state index in [2.05, 4.69) is 5.32 Å². The molecule has 0 radical (unpaired) electrons. The van der Waals surface area contributed by atoms with Crippen LogP contribution in [-0.2, 0) is 9.84 Å². The van der Waals surface area contributed by atoms with Crippen molar-refractivity contribution >= 4 is 9.84 Å². The zero-order chi connectivity index (χ0) is 11.5. The van der Waals surface area contributed by atoms with Gasteiger partial charge in [-0.1, -0.05) is 6.92 Å². The smallest absolute Gasteiger partial charge is 0.191 e. The molecule has 0 atom stereocenters.